The van der Waals surface area contributed by atoms with Crippen molar-refractivity contribution in [1.82, 2.24) is 5.32 Å². The lowest BCUT2D eigenvalue weighted by Crippen LogP contribution is -2.38. The number of benzene rings is 1. The molecule has 1 aromatic rings. The Morgan fingerprint density at radius 3 is 2.32 bits per heavy atom. The number of hydrogen-bond acceptors (Lipinski definition) is 2. The van der Waals surface area contributed by atoms with Gasteiger partial charge in [0.25, 0.3) is 0 Å². The minimum atomic E-state index is 0.183. The fourth-order valence-electron chi connectivity index (χ4n) is 1.85. The largest absolute Gasteiger partial charge is 0.377 e. The lowest BCUT2D eigenvalue weighted by Gasteiger charge is -2.23. The molecular formula is C17H29NO. The van der Waals surface area contributed by atoms with E-state index in [0.29, 0.717) is 5.92 Å². The predicted molar refractivity (Wildman–Crippen MR) is 82.6 cm³/mol. The van der Waals surface area contributed by atoms with E-state index in [1.165, 1.54) is 11.1 Å². The smallest absolute Gasteiger partial charge is 0.0716 e. The first-order valence-electron chi connectivity index (χ1n) is 7.34. The highest BCUT2D eigenvalue weighted by molar-refractivity contribution is 5.25. The molecule has 0 saturated carbocycles. The summed E-state index contributed by atoms with van der Waals surface area (Å²) in [4.78, 5) is 0. The van der Waals surface area contributed by atoms with Gasteiger partial charge in [-0.1, -0.05) is 38.1 Å². The highest BCUT2D eigenvalue weighted by Gasteiger charge is 2.12. The second-order valence-corrected chi connectivity index (χ2v) is 6.33. The summed E-state index contributed by atoms with van der Waals surface area (Å²) in [5, 5.41) is 3.55. The second-order valence-electron chi connectivity index (χ2n) is 6.33. The summed E-state index contributed by atoms with van der Waals surface area (Å²) in [6.07, 6.45) is 1.08. The molecule has 0 aromatic heterocycles. The summed E-state index contributed by atoms with van der Waals surface area (Å²) in [5.74, 6) is 0.532. The van der Waals surface area contributed by atoms with E-state index in [1.54, 1.807) is 0 Å². The second kappa shape index (κ2) is 7.66. The van der Waals surface area contributed by atoms with Crippen LogP contribution in [0.2, 0.25) is 0 Å². The van der Waals surface area contributed by atoms with Crippen LogP contribution in [0.4, 0.5) is 0 Å². The number of rotatable bonds is 7. The summed E-state index contributed by atoms with van der Waals surface area (Å²) in [6, 6.07) is 8.80. The molecule has 0 aliphatic carbocycles. The van der Waals surface area contributed by atoms with E-state index in [4.69, 9.17) is 4.74 Å². The fourth-order valence-corrected chi connectivity index (χ4v) is 1.85. The quantitative estimate of drug-likeness (QED) is 0.748. The van der Waals surface area contributed by atoms with Crippen molar-refractivity contribution in [1.29, 1.82) is 0 Å². The third kappa shape index (κ3) is 6.74. The van der Waals surface area contributed by atoms with Crippen LogP contribution in [0.25, 0.3) is 0 Å². The Morgan fingerprint density at radius 2 is 1.79 bits per heavy atom. The molecule has 2 nitrogen and oxygen atoms in total. The van der Waals surface area contributed by atoms with Crippen molar-refractivity contribution in [3.63, 3.8) is 0 Å². The van der Waals surface area contributed by atoms with Crippen molar-refractivity contribution in [2.75, 3.05) is 13.2 Å². The van der Waals surface area contributed by atoms with Gasteiger partial charge in [-0.3, -0.25) is 0 Å². The Labute approximate surface area is 118 Å². The van der Waals surface area contributed by atoms with Crippen LogP contribution in [0.1, 0.15) is 58.1 Å². The van der Waals surface area contributed by atoms with Crippen LogP contribution in [0.5, 0.6) is 0 Å². The van der Waals surface area contributed by atoms with Gasteiger partial charge >= 0.3 is 0 Å². The molecule has 0 spiro atoms. The summed E-state index contributed by atoms with van der Waals surface area (Å²) < 4.78 is 5.55. The maximum atomic E-state index is 5.55. The van der Waals surface area contributed by atoms with Crippen molar-refractivity contribution in [3.05, 3.63) is 35.4 Å². The van der Waals surface area contributed by atoms with E-state index in [2.05, 4.69) is 64.2 Å². The first-order chi connectivity index (χ1) is 8.92. The summed E-state index contributed by atoms with van der Waals surface area (Å²) in [5.41, 5.74) is 2.83. The zero-order valence-electron chi connectivity index (χ0n) is 13.1. The molecule has 0 aliphatic heterocycles. The Hall–Kier alpha value is -0.860. The zero-order chi connectivity index (χ0) is 14.3. The Morgan fingerprint density at radius 1 is 1.16 bits per heavy atom. The van der Waals surface area contributed by atoms with Crippen LogP contribution in [-0.4, -0.2) is 18.7 Å². The van der Waals surface area contributed by atoms with E-state index in [-0.39, 0.29) is 5.54 Å². The fraction of sp³-hybridized carbons (Fsp3) is 0.647. The molecule has 0 saturated heterocycles. The molecule has 19 heavy (non-hydrogen) atoms. The van der Waals surface area contributed by atoms with Gasteiger partial charge in [-0.2, -0.15) is 0 Å². The van der Waals surface area contributed by atoms with Crippen LogP contribution in [0.3, 0.4) is 0 Å². The van der Waals surface area contributed by atoms with Crippen molar-refractivity contribution < 1.29 is 4.74 Å². The Kier molecular flexibility index (Phi) is 6.53. The molecule has 0 aliphatic rings. The predicted octanol–water partition coefficient (Wildman–Crippen LogP) is 4.10. The van der Waals surface area contributed by atoms with Gasteiger partial charge in [-0.15, -0.1) is 0 Å². The molecule has 2 heteroatoms. The van der Waals surface area contributed by atoms with Gasteiger partial charge in [0.05, 0.1) is 6.61 Å². The summed E-state index contributed by atoms with van der Waals surface area (Å²) >= 11 is 0. The minimum Gasteiger partial charge on any atom is -0.377 e. The van der Waals surface area contributed by atoms with Crippen molar-refractivity contribution in [3.8, 4) is 0 Å². The van der Waals surface area contributed by atoms with E-state index < -0.39 is 0 Å². The first-order valence-corrected chi connectivity index (χ1v) is 7.34. The van der Waals surface area contributed by atoms with Gasteiger partial charge in [0.1, 0.15) is 0 Å². The van der Waals surface area contributed by atoms with Crippen molar-refractivity contribution in [2.24, 2.45) is 0 Å². The van der Waals surface area contributed by atoms with Gasteiger partial charge in [-0.25, -0.2) is 0 Å². The highest BCUT2D eigenvalue weighted by Crippen LogP contribution is 2.16. The monoisotopic (exact) mass is 263 g/mol. The average Bonchev–Trinajstić information content (AvgIpc) is 2.36. The van der Waals surface area contributed by atoms with Gasteiger partial charge < -0.3 is 10.1 Å². The topological polar surface area (TPSA) is 21.3 Å². The van der Waals surface area contributed by atoms with E-state index in [0.717, 1.165) is 26.2 Å². The molecule has 1 unspecified atom stereocenters. The standard InChI is InChI=1S/C17H29NO/c1-6-11-19-13-15-7-9-16(10-8-15)14(2)12-18-17(3,4)5/h7-10,14,18H,6,11-13H2,1-5H3. The number of hydrogen-bond donors (Lipinski definition) is 1. The van der Waals surface area contributed by atoms with Gasteiger partial charge in [0.2, 0.25) is 0 Å². The van der Waals surface area contributed by atoms with Crippen molar-refractivity contribution in [2.45, 2.75) is 59.1 Å². The molecule has 1 rings (SSSR count). The van der Waals surface area contributed by atoms with E-state index >= 15 is 0 Å². The van der Waals surface area contributed by atoms with Crippen molar-refractivity contribution >= 4 is 0 Å². The highest BCUT2D eigenvalue weighted by atomic mass is 16.5. The molecule has 108 valence electrons. The lowest BCUT2D eigenvalue weighted by atomic mass is 9.98. The Balaban J connectivity index is 2.46. The maximum Gasteiger partial charge on any atom is 0.0716 e. The SMILES string of the molecule is CCCOCc1ccc(C(C)CNC(C)(C)C)cc1. The first kappa shape index (κ1) is 16.2. The maximum absolute atomic E-state index is 5.55. The molecular weight excluding hydrogens is 234 g/mol. The molecule has 0 amide bonds. The van der Waals surface area contributed by atoms with Crippen LogP contribution in [-0.2, 0) is 11.3 Å². The molecule has 1 aromatic carbocycles. The summed E-state index contributed by atoms with van der Waals surface area (Å²) in [7, 11) is 0. The average molecular weight is 263 g/mol. The molecule has 0 fully saturated rings. The molecule has 0 bridgehead atoms. The third-order valence-electron chi connectivity index (χ3n) is 3.10. The van der Waals surface area contributed by atoms with Crippen LogP contribution < -0.4 is 5.32 Å². The zero-order valence-corrected chi connectivity index (χ0v) is 13.1. The van der Waals surface area contributed by atoms with E-state index in [1.807, 2.05) is 0 Å². The normalized spacial score (nSPS) is 13.5. The molecule has 1 atom stereocenters. The lowest BCUT2D eigenvalue weighted by molar-refractivity contribution is 0.121. The van der Waals surface area contributed by atoms with Gasteiger partial charge in [-0.05, 0) is 44.2 Å². The molecule has 0 heterocycles. The number of nitrogens with one attached hydrogen (secondary N) is 1. The summed E-state index contributed by atoms with van der Waals surface area (Å²) in [6.45, 7) is 13.6. The van der Waals surface area contributed by atoms with Crippen LogP contribution >= 0.6 is 0 Å². The van der Waals surface area contributed by atoms with Gasteiger partial charge in [0, 0.05) is 18.7 Å². The minimum absolute atomic E-state index is 0.183. The third-order valence-corrected chi connectivity index (χ3v) is 3.10. The number of ether oxygens (including phenoxy) is 1. The molecule has 0 radical (unpaired) electrons. The van der Waals surface area contributed by atoms with Gasteiger partial charge in [0.15, 0.2) is 0 Å². The van der Waals surface area contributed by atoms with Crippen LogP contribution in [0, 0.1) is 0 Å². The molecule has 1 N–H and O–H groups in total. The van der Waals surface area contributed by atoms with Crippen LogP contribution in [0.15, 0.2) is 24.3 Å². The Bertz CT molecular complexity index is 351. The van der Waals surface area contributed by atoms with E-state index in [9.17, 15) is 0 Å².